The van der Waals surface area contributed by atoms with Crippen LogP contribution in [0.3, 0.4) is 0 Å². The second kappa shape index (κ2) is 8.17. The van der Waals surface area contributed by atoms with Crippen molar-refractivity contribution < 1.29 is 27.1 Å². The Morgan fingerprint density at radius 3 is 2.74 bits per heavy atom. The van der Waals surface area contributed by atoms with Crippen LogP contribution in [-0.2, 0) is 14.8 Å². The summed E-state index contributed by atoms with van der Waals surface area (Å²) in [6, 6.07) is 11.1. The van der Waals surface area contributed by atoms with E-state index in [1.54, 1.807) is 12.1 Å². The fraction of sp³-hybridized carbons (Fsp3) is 0.250. The van der Waals surface area contributed by atoms with Crippen LogP contribution < -0.4 is 16.2 Å². The highest BCUT2D eigenvalue weighted by Gasteiger charge is 2.36. The summed E-state index contributed by atoms with van der Waals surface area (Å²) in [5, 5.41) is -0.0325. The van der Waals surface area contributed by atoms with Gasteiger partial charge in [-0.1, -0.05) is 18.2 Å². The molecular weight excluding hydrogens is 427 g/mol. The van der Waals surface area contributed by atoms with Crippen LogP contribution in [0.1, 0.15) is 10.5 Å². The second-order valence-electron chi connectivity index (χ2n) is 7.09. The van der Waals surface area contributed by atoms with Crippen molar-refractivity contribution in [2.75, 3.05) is 32.0 Å². The van der Waals surface area contributed by atoms with Crippen molar-refractivity contribution in [3.05, 3.63) is 54.0 Å². The number of amides is 1. The number of carbonyl (C=O) groups is 1. The Balaban J connectivity index is 1.65. The number of hydrogen-bond donors (Lipinski definition) is 3. The summed E-state index contributed by atoms with van der Waals surface area (Å²) in [4.78, 5) is 14.2. The number of benzene rings is 2. The summed E-state index contributed by atoms with van der Waals surface area (Å²) in [5.74, 6) is -1.09. The first kappa shape index (κ1) is 21.1. The first-order valence-corrected chi connectivity index (χ1v) is 10.9. The molecule has 1 fully saturated rings. The van der Waals surface area contributed by atoms with Crippen LogP contribution in [-0.4, -0.2) is 56.0 Å². The van der Waals surface area contributed by atoms with E-state index >= 15 is 0 Å². The predicted octanol–water partition coefficient (Wildman–Crippen LogP) is 1.46. The molecule has 0 unspecified atom stereocenters. The molecule has 164 valence electrons. The average molecular weight is 448 g/mol. The molecule has 0 spiro atoms. The minimum Gasteiger partial charge on any atom is -0.491 e. The summed E-state index contributed by atoms with van der Waals surface area (Å²) in [7, 11) is -4.23. The van der Waals surface area contributed by atoms with Crippen LogP contribution >= 0.6 is 0 Å². The van der Waals surface area contributed by atoms with Crippen molar-refractivity contribution in [1.82, 2.24) is 9.29 Å². The molecule has 5 N–H and O–H groups in total. The van der Waals surface area contributed by atoms with Crippen molar-refractivity contribution in [1.29, 1.82) is 0 Å². The molecule has 3 aromatic rings. The number of halogens is 1. The lowest BCUT2D eigenvalue weighted by atomic mass is 10.2. The van der Waals surface area contributed by atoms with Crippen molar-refractivity contribution in [2.24, 2.45) is 5.73 Å². The number of ether oxygens (including phenoxy) is 2. The summed E-state index contributed by atoms with van der Waals surface area (Å²) in [5.41, 5.74) is 11.0. The van der Waals surface area contributed by atoms with E-state index in [1.807, 2.05) is 18.2 Å². The molecule has 1 amide bonds. The van der Waals surface area contributed by atoms with E-state index in [1.165, 1.54) is 4.31 Å². The van der Waals surface area contributed by atoms with Crippen LogP contribution in [0, 0.1) is 5.82 Å². The number of primary amides is 1. The summed E-state index contributed by atoms with van der Waals surface area (Å²) in [6.07, 6.45) is -0.534. The molecule has 1 aliphatic heterocycles. The van der Waals surface area contributed by atoms with Gasteiger partial charge < -0.3 is 25.9 Å². The minimum absolute atomic E-state index is 0.00909. The monoisotopic (exact) mass is 448 g/mol. The second-order valence-corrected chi connectivity index (χ2v) is 8.97. The zero-order valence-corrected chi connectivity index (χ0v) is 17.2. The number of fused-ring (bicyclic) bond motifs is 1. The lowest BCUT2D eigenvalue weighted by molar-refractivity contribution is -0.0249. The van der Waals surface area contributed by atoms with Crippen LogP contribution in [0.5, 0.6) is 5.75 Å². The number of nitrogens with one attached hydrogen (secondary N) is 1. The van der Waals surface area contributed by atoms with Crippen LogP contribution in [0.25, 0.3) is 10.9 Å². The number of hydrogen-bond acceptors (Lipinski definition) is 6. The van der Waals surface area contributed by atoms with Crippen molar-refractivity contribution >= 4 is 32.5 Å². The first-order valence-electron chi connectivity index (χ1n) is 9.47. The molecule has 0 bridgehead atoms. The topological polar surface area (TPSA) is 141 Å². The number of aromatic amines is 1. The van der Waals surface area contributed by atoms with E-state index in [2.05, 4.69) is 4.98 Å². The van der Waals surface area contributed by atoms with Crippen molar-refractivity contribution in [2.45, 2.75) is 11.0 Å². The number of nitrogen functional groups attached to an aromatic ring is 1. The number of aromatic nitrogens is 1. The van der Waals surface area contributed by atoms with Crippen LogP contribution in [0.15, 0.2) is 47.4 Å². The van der Waals surface area contributed by atoms with E-state index in [-0.39, 0.29) is 48.6 Å². The zero-order chi connectivity index (χ0) is 22.2. The number of carbonyl (C=O) groups excluding carboxylic acids is 1. The lowest BCUT2D eigenvalue weighted by Gasteiger charge is -2.32. The molecule has 1 aliphatic rings. The number of nitrogens with zero attached hydrogens (tertiary/aromatic N) is 1. The van der Waals surface area contributed by atoms with Crippen molar-refractivity contribution in [3.63, 3.8) is 0 Å². The van der Waals surface area contributed by atoms with Gasteiger partial charge in [0.05, 0.1) is 17.8 Å². The predicted molar refractivity (Wildman–Crippen MR) is 112 cm³/mol. The SMILES string of the molecule is NC(=O)c1[nH]c2c(N)cc(F)cc2c1S(=O)(=O)N1CCO[C@H](COc2ccccc2)C1. The van der Waals surface area contributed by atoms with E-state index in [9.17, 15) is 17.6 Å². The maximum atomic E-state index is 14.0. The van der Waals surface area contributed by atoms with E-state index in [0.717, 1.165) is 12.1 Å². The Morgan fingerprint density at radius 2 is 2.03 bits per heavy atom. The van der Waals surface area contributed by atoms with Gasteiger partial charge in [-0.05, 0) is 24.3 Å². The van der Waals surface area contributed by atoms with Crippen molar-refractivity contribution in [3.8, 4) is 5.75 Å². The molecular formula is C20H21FN4O5S. The maximum absolute atomic E-state index is 14.0. The molecule has 0 radical (unpaired) electrons. The van der Waals surface area contributed by atoms with Gasteiger partial charge in [0, 0.05) is 18.5 Å². The highest BCUT2D eigenvalue weighted by atomic mass is 32.2. The minimum atomic E-state index is -4.23. The molecule has 0 aliphatic carbocycles. The molecule has 0 saturated carbocycles. The molecule has 2 heterocycles. The van der Waals surface area contributed by atoms with Gasteiger partial charge in [0.25, 0.3) is 5.91 Å². The molecule has 4 rings (SSSR count). The smallest absolute Gasteiger partial charge is 0.266 e. The Kier molecular flexibility index (Phi) is 5.56. The molecule has 1 saturated heterocycles. The molecule has 1 aromatic heterocycles. The average Bonchev–Trinajstić information content (AvgIpc) is 3.14. The van der Waals surface area contributed by atoms with E-state index in [4.69, 9.17) is 20.9 Å². The lowest BCUT2D eigenvalue weighted by Crippen LogP contribution is -2.47. The van der Waals surface area contributed by atoms with Gasteiger partial charge >= 0.3 is 0 Å². The van der Waals surface area contributed by atoms with E-state index in [0.29, 0.717) is 5.75 Å². The number of anilines is 1. The molecule has 9 nitrogen and oxygen atoms in total. The Hall–Kier alpha value is -3.15. The third kappa shape index (κ3) is 4.07. The van der Waals surface area contributed by atoms with Gasteiger partial charge in [-0.2, -0.15) is 4.31 Å². The Morgan fingerprint density at radius 1 is 1.29 bits per heavy atom. The van der Waals surface area contributed by atoms with Gasteiger partial charge in [0.2, 0.25) is 10.0 Å². The Bertz CT molecular complexity index is 1230. The molecule has 1 atom stereocenters. The zero-order valence-electron chi connectivity index (χ0n) is 16.4. The van der Waals surface area contributed by atoms with Gasteiger partial charge in [0.1, 0.15) is 34.9 Å². The number of nitrogens with two attached hydrogens (primary N) is 2. The van der Waals surface area contributed by atoms with E-state index < -0.39 is 32.7 Å². The summed E-state index contributed by atoms with van der Waals surface area (Å²) in [6.45, 7) is 0.311. The highest BCUT2D eigenvalue weighted by Crippen LogP contribution is 2.33. The van der Waals surface area contributed by atoms with Gasteiger partial charge in [-0.25, -0.2) is 12.8 Å². The van der Waals surface area contributed by atoms with Gasteiger partial charge in [-0.3, -0.25) is 4.79 Å². The fourth-order valence-corrected chi connectivity index (χ4v) is 5.33. The quantitative estimate of drug-likeness (QED) is 0.488. The fourth-order valence-electron chi connectivity index (χ4n) is 3.55. The number of para-hydroxylation sites is 1. The number of sulfonamides is 1. The number of H-pyrrole nitrogens is 1. The standard InChI is InChI=1S/C20H21FN4O5S/c21-12-8-15-17(16(22)9-12)24-18(20(23)26)19(15)31(27,28)25-6-7-29-14(10-25)11-30-13-4-2-1-3-5-13/h1-5,8-9,14,24H,6-7,10-11,22H2,(H2,23,26)/t14-/m0/s1. The van der Waals surface area contributed by atoms with Crippen LogP contribution in [0.2, 0.25) is 0 Å². The van der Waals surface area contributed by atoms with Gasteiger partial charge in [0.15, 0.2) is 0 Å². The molecule has 2 aromatic carbocycles. The molecule has 11 heteroatoms. The third-order valence-electron chi connectivity index (χ3n) is 4.98. The number of morpholine rings is 1. The van der Waals surface area contributed by atoms with Crippen LogP contribution in [0.4, 0.5) is 10.1 Å². The Labute approximate surface area is 177 Å². The molecule has 31 heavy (non-hydrogen) atoms. The largest absolute Gasteiger partial charge is 0.491 e. The maximum Gasteiger partial charge on any atom is 0.266 e. The van der Waals surface area contributed by atoms with Gasteiger partial charge in [-0.15, -0.1) is 0 Å². The highest BCUT2D eigenvalue weighted by molar-refractivity contribution is 7.89. The normalized spacial score (nSPS) is 17.6. The first-order chi connectivity index (χ1) is 14.8. The third-order valence-corrected chi connectivity index (χ3v) is 6.93. The summed E-state index contributed by atoms with van der Waals surface area (Å²) >= 11 is 0. The summed E-state index contributed by atoms with van der Waals surface area (Å²) < 4.78 is 53.4. The number of rotatable bonds is 6.